The van der Waals surface area contributed by atoms with Gasteiger partial charge in [-0.1, -0.05) is 23.2 Å². The van der Waals surface area contributed by atoms with Gasteiger partial charge in [-0.3, -0.25) is 4.79 Å². The number of esters is 1. The number of carbonyl (C=O) groups excluding carboxylic acids is 2. The molecular weight excluding hydrogens is 355 g/mol. The van der Waals surface area contributed by atoms with Crippen LogP contribution in [0.1, 0.15) is 10.4 Å². The van der Waals surface area contributed by atoms with E-state index >= 15 is 0 Å². The normalized spacial score (nSPS) is 10.1. The Balaban J connectivity index is 1.93. The maximum absolute atomic E-state index is 11.9. The minimum Gasteiger partial charge on any atom is -0.495 e. The smallest absolute Gasteiger partial charge is 0.340 e. The quantitative estimate of drug-likeness (QED) is 0.623. The molecule has 0 bridgehead atoms. The molecule has 24 heavy (non-hydrogen) atoms. The van der Waals surface area contributed by atoms with Crippen molar-refractivity contribution < 1.29 is 19.1 Å². The maximum Gasteiger partial charge on any atom is 0.340 e. The van der Waals surface area contributed by atoms with Gasteiger partial charge in [0.1, 0.15) is 5.75 Å². The molecule has 2 rings (SSSR count). The number of methoxy groups -OCH3 is 1. The molecule has 0 aliphatic carbocycles. The van der Waals surface area contributed by atoms with Crippen LogP contribution in [0.25, 0.3) is 0 Å². The number of ether oxygens (including phenoxy) is 2. The highest BCUT2D eigenvalue weighted by Gasteiger charge is 2.14. The van der Waals surface area contributed by atoms with Gasteiger partial charge in [-0.05, 0) is 36.4 Å². The minimum atomic E-state index is -0.716. The Kier molecular flexibility index (Phi) is 5.89. The molecule has 0 unspecified atom stereocenters. The molecule has 2 aromatic rings. The molecule has 2 aromatic carbocycles. The highest BCUT2D eigenvalue weighted by atomic mass is 35.5. The zero-order valence-corrected chi connectivity index (χ0v) is 14.1. The fourth-order valence-corrected chi connectivity index (χ4v) is 2.31. The van der Waals surface area contributed by atoms with Crippen molar-refractivity contribution in [2.75, 3.05) is 24.8 Å². The third kappa shape index (κ3) is 4.53. The van der Waals surface area contributed by atoms with Gasteiger partial charge < -0.3 is 20.5 Å². The third-order valence-corrected chi connectivity index (χ3v) is 3.53. The minimum absolute atomic E-state index is 0.139. The van der Waals surface area contributed by atoms with E-state index in [1.807, 2.05) is 0 Å². The number of nitrogens with one attached hydrogen (secondary N) is 1. The largest absolute Gasteiger partial charge is 0.495 e. The molecule has 0 saturated heterocycles. The predicted molar refractivity (Wildman–Crippen MR) is 92.8 cm³/mol. The fourth-order valence-electron chi connectivity index (χ4n) is 1.87. The van der Waals surface area contributed by atoms with Crippen molar-refractivity contribution in [2.45, 2.75) is 0 Å². The van der Waals surface area contributed by atoms with Gasteiger partial charge in [-0.2, -0.15) is 0 Å². The molecule has 6 nitrogen and oxygen atoms in total. The van der Waals surface area contributed by atoms with Crippen LogP contribution in [-0.2, 0) is 9.53 Å². The standard InChI is InChI=1S/C16H14Cl2N2O4/c1-23-14-5-3-10(7-12(14)18)20-15(21)8-24-16(22)11-4-2-9(17)6-13(11)19/h2-7H,8,19H2,1H3,(H,20,21). The fraction of sp³-hybridized carbons (Fsp3) is 0.125. The van der Waals surface area contributed by atoms with E-state index in [4.69, 9.17) is 38.4 Å². The molecule has 0 aliphatic heterocycles. The third-order valence-electron chi connectivity index (χ3n) is 3.00. The van der Waals surface area contributed by atoms with Crippen molar-refractivity contribution in [1.82, 2.24) is 0 Å². The molecule has 0 radical (unpaired) electrons. The van der Waals surface area contributed by atoms with Crippen LogP contribution in [0.2, 0.25) is 10.0 Å². The molecule has 126 valence electrons. The lowest BCUT2D eigenvalue weighted by Gasteiger charge is -2.09. The van der Waals surface area contributed by atoms with Crippen molar-refractivity contribution in [3.05, 3.63) is 52.0 Å². The number of rotatable bonds is 5. The lowest BCUT2D eigenvalue weighted by atomic mass is 10.2. The average molecular weight is 369 g/mol. The summed E-state index contributed by atoms with van der Waals surface area (Å²) in [6.07, 6.45) is 0. The Morgan fingerprint density at radius 3 is 2.54 bits per heavy atom. The summed E-state index contributed by atoms with van der Waals surface area (Å²) in [5, 5.41) is 3.31. The number of nitrogen functional groups attached to an aromatic ring is 1. The van der Waals surface area contributed by atoms with Gasteiger partial charge >= 0.3 is 5.97 Å². The summed E-state index contributed by atoms with van der Waals surface area (Å²) in [5.41, 5.74) is 6.45. The number of halogens is 2. The van der Waals surface area contributed by atoms with Crippen molar-refractivity contribution in [1.29, 1.82) is 0 Å². The van der Waals surface area contributed by atoms with Gasteiger partial charge in [-0.25, -0.2) is 4.79 Å². The first-order valence-electron chi connectivity index (χ1n) is 6.76. The summed E-state index contributed by atoms with van der Waals surface area (Å²) >= 11 is 11.7. The summed E-state index contributed by atoms with van der Waals surface area (Å²) < 4.78 is 9.94. The number of hydrogen-bond donors (Lipinski definition) is 2. The van der Waals surface area contributed by atoms with E-state index in [0.717, 1.165) is 0 Å². The van der Waals surface area contributed by atoms with Crippen LogP contribution in [0, 0.1) is 0 Å². The summed E-state index contributed by atoms with van der Waals surface area (Å²) in [7, 11) is 1.49. The number of carbonyl (C=O) groups is 2. The SMILES string of the molecule is COc1ccc(NC(=O)COC(=O)c2ccc(Cl)cc2N)cc1Cl. The van der Waals surface area contributed by atoms with E-state index in [0.29, 0.717) is 21.5 Å². The number of anilines is 2. The lowest BCUT2D eigenvalue weighted by molar-refractivity contribution is -0.119. The van der Waals surface area contributed by atoms with E-state index in [-0.39, 0.29) is 11.3 Å². The van der Waals surface area contributed by atoms with Crippen LogP contribution >= 0.6 is 23.2 Å². The highest BCUT2D eigenvalue weighted by Crippen LogP contribution is 2.27. The Hall–Kier alpha value is -2.44. The van der Waals surface area contributed by atoms with Crippen LogP contribution in [0.5, 0.6) is 5.75 Å². The Labute approximate surface area is 148 Å². The highest BCUT2D eigenvalue weighted by molar-refractivity contribution is 6.32. The number of benzene rings is 2. The second-order valence-electron chi connectivity index (χ2n) is 4.71. The van der Waals surface area contributed by atoms with Crippen LogP contribution in [0.3, 0.4) is 0 Å². The van der Waals surface area contributed by atoms with Gasteiger partial charge in [0.15, 0.2) is 6.61 Å². The molecule has 0 aliphatic rings. The van der Waals surface area contributed by atoms with Crippen molar-refractivity contribution >= 4 is 46.5 Å². The summed E-state index contributed by atoms with van der Waals surface area (Å²) in [5.74, 6) is -0.747. The van der Waals surface area contributed by atoms with Crippen molar-refractivity contribution in [3.8, 4) is 5.75 Å². The first-order valence-corrected chi connectivity index (χ1v) is 7.52. The van der Waals surface area contributed by atoms with Crippen LogP contribution in [-0.4, -0.2) is 25.6 Å². The van der Waals surface area contributed by atoms with Gasteiger partial charge in [-0.15, -0.1) is 0 Å². The second kappa shape index (κ2) is 7.90. The summed E-state index contributed by atoms with van der Waals surface area (Å²) in [4.78, 5) is 23.7. The number of amides is 1. The molecular formula is C16H14Cl2N2O4. The first-order chi connectivity index (χ1) is 11.4. The zero-order chi connectivity index (χ0) is 17.7. The Morgan fingerprint density at radius 1 is 1.17 bits per heavy atom. The first kappa shape index (κ1) is 17.9. The van der Waals surface area contributed by atoms with E-state index in [2.05, 4.69) is 5.32 Å². The molecule has 1 amide bonds. The number of hydrogen-bond acceptors (Lipinski definition) is 5. The molecule has 0 atom stereocenters. The number of nitrogens with two attached hydrogens (primary N) is 1. The van der Waals surface area contributed by atoms with Crippen LogP contribution in [0.15, 0.2) is 36.4 Å². The molecule has 0 saturated carbocycles. The van der Waals surface area contributed by atoms with Crippen LogP contribution < -0.4 is 15.8 Å². The Bertz CT molecular complexity index is 781. The molecule has 0 fully saturated rings. The maximum atomic E-state index is 11.9. The monoisotopic (exact) mass is 368 g/mol. The average Bonchev–Trinajstić information content (AvgIpc) is 2.53. The van der Waals surface area contributed by atoms with Gasteiger partial charge in [0.05, 0.1) is 17.7 Å². The molecule has 0 spiro atoms. The predicted octanol–water partition coefficient (Wildman–Crippen LogP) is 3.38. The van der Waals surface area contributed by atoms with Crippen molar-refractivity contribution in [3.63, 3.8) is 0 Å². The summed E-state index contributed by atoms with van der Waals surface area (Å²) in [6.45, 7) is -0.468. The Morgan fingerprint density at radius 2 is 1.92 bits per heavy atom. The molecule has 0 heterocycles. The molecule has 0 aromatic heterocycles. The molecule has 8 heteroatoms. The van der Waals surface area contributed by atoms with E-state index in [1.165, 1.54) is 31.4 Å². The van der Waals surface area contributed by atoms with E-state index < -0.39 is 18.5 Å². The van der Waals surface area contributed by atoms with Gasteiger partial charge in [0.2, 0.25) is 0 Å². The lowest BCUT2D eigenvalue weighted by Crippen LogP contribution is -2.21. The van der Waals surface area contributed by atoms with E-state index in [9.17, 15) is 9.59 Å². The van der Waals surface area contributed by atoms with Crippen LogP contribution in [0.4, 0.5) is 11.4 Å². The second-order valence-corrected chi connectivity index (χ2v) is 5.55. The van der Waals surface area contributed by atoms with Gasteiger partial charge in [0, 0.05) is 16.4 Å². The summed E-state index contributed by atoms with van der Waals surface area (Å²) in [6, 6.07) is 9.12. The molecule has 3 N–H and O–H groups in total. The van der Waals surface area contributed by atoms with Gasteiger partial charge in [0.25, 0.3) is 5.91 Å². The topological polar surface area (TPSA) is 90.6 Å². The van der Waals surface area contributed by atoms with Crippen molar-refractivity contribution in [2.24, 2.45) is 0 Å². The zero-order valence-electron chi connectivity index (χ0n) is 12.6. The van der Waals surface area contributed by atoms with E-state index in [1.54, 1.807) is 12.1 Å².